The number of rotatable bonds is 5. The largest absolute Gasteiger partial charge is 0.280 e. The molecule has 0 atom stereocenters. The van der Waals surface area contributed by atoms with Crippen LogP contribution in [0, 0.1) is 12.7 Å². The highest BCUT2D eigenvalue weighted by molar-refractivity contribution is 7.92. The van der Waals surface area contributed by atoms with E-state index in [0.717, 1.165) is 5.56 Å². The first-order valence-corrected chi connectivity index (χ1v) is 9.40. The molecule has 3 aromatic rings. The summed E-state index contributed by atoms with van der Waals surface area (Å²) in [5.41, 5.74) is 3.08. The van der Waals surface area contributed by atoms with Crippen molar-refractivity contribution in [3.8, 4) is 0 Å². The summed E-state index contributed by atoms with van der Waals surface area (Å²) >= 11 is 0. The van der Waals surface area contributed by atoms with Crippen LogP contribution in [-0.4, -0.2) is 14.6 Å². The summed E-state index contributed by atoms with van der Waals surface area (Å²) in [6.07, 6.45) is 1.72. The second-order valence-electron chi connectivity index (χ2n) is 5.78. The lowest BCUT2D eigenvalue weighted by molar-refractivity contribution is 0.601. The van der Waals surface area contributed by atoms with Crippen LogP contribution < -0.4 is 4.72 Å². The second kappa shape index (κ2) is 7.49. The van der Waals surface area contributed by atoms with Crippen molar-refractivity contribution in [1.29, 1.82) is 0 Å². The zero-order valence-electron chi connectivity index (χ0n) is 14.1. The third-order valence-corrected chi connectivity index (χ3v) is 5.08. The first-order valence-electron chi connectivity index (χ1n) is 7.92. The van der Waals surface area contributed by atoms with E-state index in [2.05, 4.69) is 9.71 Å². The van der Waals surface area contributed by atoms with Crippen LogP contribution in [0.5, 0.6) is 0 Å². The Morgan fingerprint density at radius 2 is 1.50 bits per heavy atom. The summed E-state index contributed by atoms with van der Waals surface area (Å²) < 4.78 is 40.1. The molecule has 3 rings (SSSR count). The van der Waals surface area contributed by atoms with Crippen LogP contribution in [0.4, 0.5) is 15.8 Å². The summed E-state index contributed by atoms with van der Waals surface area (Å²) in [7, 11) is -3.74. The van der Waals surface area contributed by atoms with Gasteiger partial charge in [-0.3, -0.25) is 9.71 Å². The highest BCUT2D eigenvalue weighted by atomic mass is 32.2. The zero-order valence-corrected chi connectivity index (χ0v) is 14.9. The van der Waals surface area contributed by atoms with E-state index in [0.29, 0.717) is 11.4 Å². The average Bonchev–Trinajstić information content (AvgIpc) is 2.63. The van der Waals surface area contributed by atoms with Crippen molar-refractivity contribution >= 4 is 27.6 Å². The Morgan fingerprint density at radius 1 is 0.885 bits per heavy atom. The normalized spacial score (nSPS) is 11.6. The van der Waals surface area contributed by atoms with E-state index in [9.17, 15) is 12.8 Å². The van der Waals surface area contributed by atoms with Crippen LogP contribution in [0.25, 0.3) is 0 Å². The lowest BCUT2D eigenvalue weighted by Crippen LogP contribution is -2.12. The maximum absolute atomic E-state index is 12.9. The Balaban J connectivity index is 1.73. The Bertz CT molecular complexity index is 1010. The third-order valence-electron chi connectivity index (χ3n) is 3.68. The molecule has 1 N–H and O–H groups in total. The lowest BCUT2D eigenvalue weighted by atomic mass is 10.2. The van der Waals surface area contributed by atoms with E-state index >= 15 is 0 Å². The first-order chi connectivity index (χ1) is 12.4. The fourth-order valence-electron chi connectivity index (χ4n) is 2.24. The van der Waals surface area contributed by atoms with Gasteiger partial charge in [0.05, 0.1) is 10.6 Å². The van der Waals surface area contributed by atoms with Crippen LogP contribution >= 0.6 is 0 Å². The Kier molecular flexibility index (Phi) is 5.14. The molecule has 0 aliphatic rings. The molecule has 0 radical (unpaired) electrons. The number of aryl methyl sites for hydroxylation is 1. The van der Waals surface area contributed by atoms with Gasteiger partial charge in [-0.2, -0.15) is 0 Å². The quantitative estimate of drug-likeness (QED) is 0.665. The Morgan fingerprint density at radius 3 is 2.12 bits per heavy atom. The van der Waals surface area contributed by atoms with Gasteiger partial charge < -0.3 is 0 Å². The smallest absolute Gasteiger partial charge is 0.261 e. The van der Waals surface area contributed by atoms with Crippen LogP contribution in [0.1, 0.15) is 11.1 Å². The van der Waals surface area contributed by atoms with Gasteiger partial charge in [-0.25, -0.2) is 12.8 Å². The summed E-state index contributed by atoms with van der Waals surface area (Å²) in [4.78, 5) is 4.45. The molecular weight excluding hydrogens is 351 g/mol. The van der Waals surface area contributed by atoms with Crippen molar-refractivity contribution in [2.75, 3.05) is 4.72 Å². The van der Waals surface area contributed by atoms with Gasteiger partial charge in [-0.05, 0) is 61.0 Å². The summed E-state index contributed by atoms with van der Waals surface area (Å²) in [6, 6.07) is 19.3. The Hall–Kier alpha value is -2.99. The molecule has 0 aromatic heterocycles. The van der Waals surface area contributed by atoms with Crippen LogP contribution in [0.3, 0.4) is 0 Å². The average molecular weight is 368 g/mol. The monoisotopic (exact) mass is 368 g/mol. The molecule has 6 heteroatoms. The molecule has 0 aliphatic heterocycles. The maximum atomic E-state index is 12.9. The van der Waals surface area contributed by atoms with Crippen molar-refractivity contribution in [3.05, 3.63) is 89.7 Å². The number of hydrogen-bond donors (Lipinski definition) is 1. The van der Waals surface area contributed by atoms with Crippen molar-refractivity contribution in [2.45, 2.75) is 11.8 Å². The molecular formula is C20H17FN2O2S. The molecule has 0 saturated carbocycles. The van der Waals surface area contributed by atoms with Crippen LogP contribution in [-0.2, 0) is 10.0 Å². The van der Waals surface area contributed by atoms with Crippen molar-refractivity contribution in [3.63, 3.8) is 0 Å². The van der Waals surface area contributed by atoms with Gasteiger partial charge in [0, 0.05) is 11.9 Å². The van der Waals surface area contributed by atoms with E-state index in [4.69, 9.17) is 0 Å². The molecule has 0 unspecified atom stereocenters. The van der Waals surface area contributed by atoms with E-state index in [1.54, 1.807) is 18.3 Å². The summed E-state index contributed by atoms with van der Waals surface area (Å²) in [5, 5.41) is 0. The minimum Gasteiger partial charge on any atom is -0.280 e. The van der Waals surface area contributed by atoms with Crippen molar-refractivity contribution in [1.82, 2.24) is 0 Å². The van der Waals surface area contributed by atoms with Gasteiger partial charge in [0.15, 0.2) is 0 Å². The molecule has 26 heavy (non-hydrogen) atoms. The second-order valence-corrected chi connectivity index (χ2v) is 7.46. The number of hydrogen-bond acceptors (Lipinski definition) is 3. The highest BCUT2D eigenvalue weighted by Crippen LogP contribution is 2.20. The van der Waals surface area contributed by atoms with Crippen molar-refractivity contribution in [2.24, 2.45) is 4.99 Å². The molecule has 0 fully saturated rings. The first kappa shape index (κ1) is 17.8. The van der Waals surface area contributed by atoms with E-state index in [1.807, 2.05) is 31.2 Å². The standard InChI is InChI=1S/C20H17FN2O2S/c1-15-2-4-16(5-3-15)14-22-18-10-12-20(13-11-18)26(24,25)23-19-8-6-17(21)7-9-19/h2-14,23H,1H3. The highest BCUT2D eigenvalue weighted by Gasteiger charge is 2.13. The third kappa shape index (κ3) is 4.55. The number of sulfonamides is 1. The predicted molar refractivity (Wildman–Crippen MR) is 102 cm³/mol. The maximum Gasteiger partial charge on any atom is 0.261 e. The molecule has 0 amide bonds. The minimum atomic E-state index is -3.74. The number of benzene rings is 3. The van der Waals surface area contributed by atoms with Gasteiger partial charge in [0.1, 0.15) is 5.82 Å². The van der Waals surface area contributed by atoms with Crippen molar-refractivity contribution < 1.29 is 12.8 Å². The fraction of sp³-hybridized carbons (Fsp3) is 0.0500. The van der Waals surface area contributed by atoms with Crippen LogP contribution in [0.15, 0.2) is 82.7 Å². The topological polar surface area (TPSA) is 58.5 Å². The van der Waals surface area contributed by atoms with Gasteiger partial charge >= 0.3 is 0 Å². The summed E-state index contributed by atoms with van der Waals surface area (Å²) in [5.74, 6) is -0.427. The van der Waals surface area contributed by atoms with Gasteiger partial charge in [-0.15, -0.1) is 0 Å². The number of aliphatic imine (C=N–C) groups is 1. The van der Waals surface area contributed by atoms with Gasteiger partial charge in [0.25, 0.3) is 10.0 Å². The van der Waals surface area contributed by atoms with E-state index in [-0.39, 0.29) is 4.90 Å². The molecule has 0 aliphatic carbocycles. The molecule has 0 spiro atoms. The molecule has 0 bridgehead atoms. The van der Waals surface area contributed by atoms with Gasteiger partial charge in [0.2, 0.25) is 0 Å². The molecule has 4 nitrogen and oxygen atoms in total. The van der Waals surface area contributed by atoms with Gasteiger partial charge in [-0.1, -0.05) is 29.8 Å². The molecule has 3 aromatic carbocycles. The van der Waals surface area contributed by atoms with Crippen LogP contribution in [0.2, 0.25) is 0 Å². The Labute approximate surface area is 152 Å². The lowest BCUT2D eigenvalue weighted by Gasteiger charge is -2.08. The molecule has 132 valence electrons. The fourth-order valence-corrected chi connectivity index (χ4v) is 3.30. The zero-order chi connectivity index (χ0) is 18.6. The number of nitrogens with one attached hydrogen (secondary N) is 1. The molecule has 0 saturated heterocycles. The predicted octanol–water partition coefficient (Wildman–Crippen LogP) is 4.69. The number of nitrogens with zero attached hydrogens (tertiary/aromatic N) is 1. The number of halogens is 1. The molecule has 0 heterocycles. The SMILES string of the molecule is Cc1ccc(C=Nc2ccc(S(=O)(=O)Nc3ccc(F)cc3)cc2)cc1. The number of anilines is 1. The minimum absolute atomic E-state index is 0.108. The summed E-state index contributed by atoms with van der Waals surface area (Å²) in [6.45, 7) is 2.01. The van der Waals surface area contributed by atoms with E-state index < -0.39 is 15.8 Å². The van der Waals surface area contributed by atoms with E-state index in [1.165, 1.54) is 42.0 Å².